The first-order valence-corrected chi connectivity index (χ1v) is 7.29. The summed E-state index contributed by atoms with van der Waals surface area (Å²) >= 11 is 4.85. The molecule has 92 valence electrons. The van der Waals surface area contributed by atoms with Gasteiger partial charge in [-0.3, -0.25) is 0 Å². The first kappa shape index (κ1) is 12.1. The highest BCUT2D eigenvalue weighted by atomic mass is 79.9. The van der Waals surface area contributed by atoms with Crippen LogP contribution in [0, 0.1) is 5.82 Å². The molecule has 1 saturated carbocycles. The first-order valence-electron chi connectivity index (χ1n) is 5.68. The monoisotopic (exact) mass is 324 g/mol. The van der Waals surface area contributed by atoms with Crippen LogP contribution in [-0.2, 0) is 0 Å². The van der Waals surface area contributed by atoms with Crippen molar-refractivity contribution in [2.24, 2.45) is 0 Å². The summed E-state index contributed by atoms with van der Waals surface area (Å²) in [6, 6.07) is 8.39. The van der Waals surface area contributed by atoms with Gasteiger partial charge in [-0.05, 0) is 47.0 Å². The zero-order chi connectivity index (χ0) is 12.5. The fourth-order valence-corrected chi connectivity index (χ4v) is 3.06. The van der Waals surface area contributed by atoms with Gasteiger partial charge in [0, 0.05) is 16.9 Å². The zero-order valence-corrected chi connectivity index (χ0v) is 11.8. The van der Waals surface area contributed by atoms with Crippen LogP contribution in [0.5, 0.6) is 0 Å². The molecule has 18 heavy (non-hydrogen) atoms. The molecule has 0 spiro atoms. The second-order valence-electron chi connectivity index (χ2n) is 4.22. The van der Waals surface area contributed by atoms with Crippen LogP contribution in [0.1, 0.15) is 24.6 Å². The molecule has 1 aromatic carbocycles. The SMILES string of the molecule is Fc1cccc(Sc2cc(Br)nc(C3CC3)n2)c1. The molecule has 2 nitrogen and oxygen atoms in total. The van der Waals surface area contributed by atoms with Crippen molar-refractivity contribution < 1.29 is 4.39 Å². The van der Waals surface area contributed by atoms with Gasteiger partial charge in [0.05, 0.1) is 0 Å². The summed E-state index contributed by atoms with van der Waals surface area (Å²) < 4.78 is 13.9. The summed E-state index contributed by atoms with van der Waals surface area (Å²) in [5.41, 5.74) is 0. The number of halogens is 2. The number of hydrogen-bond donors (Lipinski definition) is 0. The van der Waals surface area contributed by atoms with Crippen molar-refractivity contribution >= 4 is 27.7 Å². The Hall–Kier alpha value is -0.940. The molecule has 0 aliphatic heterocycles. The summed E-state index contributed by atoms with van der Waals surface area (Å²) in [5.74, 6) is 1.17. The van der Waals surface area contributed by atoms with Crippen molar-refractivity contribution in [1.82, 2.24) is 9.97 Å². The zero-order valence-electron chi connectivity index (χ0n) is 9.44. The van der Waals surface area contributed by atoms with Gasteiger partial charge in [0.25, 0.3) is 0 Å². The van der Waals surface area contributed by atoms with E-state index in [1.165, 1.54) is 36.7 Å². The van der Waals surface area contributed by atoms with Crippen LogP contribution in [0.2, 0.25) is 0 Å². The highest BCUT2D eigenvalue weighted by Crippen LogP contribution is 2.39. The maximum atomic E-state index is 13.1. The summed E-state index contributed by atoms with van der Waals surface area (Å²) in [7, 11) is 0. The molecule has 5 heteroatoms. The second kappa shape index (κ2) is 4.97. The lowest BCUT2D eigenvalue weighted by Gasteiger charge is -2.04. The Bertz CT molecular complexity index is 587. The molecule has 0 bridgehead atoms. The minimum absolute atomic E-state index is 0.226. The van der Waals surface area contributed by atoms with Crippen LogP contribution in [0.15, 0.2) is 44.9 Å². The van der Waals surface area contributed by atoms with Gasteiger partial charge in [0.1, 0.15) is 21.3 Å². The summed E-state index contributed by atoms with van der Waals surface area (Å²) in [5, 5.41) is 0.851. The third kappa shape index (κ3) is 2.90. The number of rotatable bonds is 3. The van der Waals surface area contributed by atoms with Gasteiger partial charge < -0.3 is 0 Å². The molecule has 0 saturated heterocycles. The van der Waals surface area contributed by atoms with Crippen LogP contribution in [0.25, 0.3) is 0 Å². The van der Waals surface area contributed by atoms with Crippen LogP contribution >= 0.6 is 27.7 Å². The van der Waals surface area contributed by atoms with E-state index in [0.29, 0.717) is 5.92 Å². The molecule has 3 rings (SSSR count). The largest absolute Gasteiger partial charge is 0.226 e. The standard InChI is InChI=1S/C13H10BrFN2S/c14-11-7-12(17-13(16-11)8-4-5-8)18-10-3-1-2-9(15)6-10/h1-3,6-8H,4-5H2. The minimum atomic E-state index is -0.226. The highest BCUT2D eigenvalue weighted by molar-refractivity contribution is 9.10. The van der Waals surface area contributed by atoms with E-state index >= 15 is 0 Å². The lowest BCUT2D eigenvalue weighted by molar-refractivity contribution is 0.624. The van der Waals surface area contributed by atoms with Crippen LogP contribution in [-0.4, -0.2) is 9.97 Å². The molecular formula is C13H10BrFN2S. The Morgan fingerprint density at radius 1 is 1.22 bits per heavy atom. The summed E-state index contributed by atoms with van der Waals surface area (Å²) in [4.78, 5) is 9.74. The number of nitrogens with zero attached hydrogens (tertiary/aromatic N) is 2. The van der Waals surface area contributed by atoms with E-state index < -0.39 is 0 Å². The average molecular weight is 325 g/mol. The molecule has 1 aromatic heterocycles. The molecule has 1 heterocycles. The predicted molar refractivity (Wildman–Crippen MR) is 72.2 cm³/mol. The molecule has 0 unspecified atom stereocenters. The van der Waals surface area contributed by atoms with Gasteiger partial charge >= 0.3 is 0 Å². The molecule has 1 aliphatic carbocycles. The lowest BCUT2D eigenvalue weighted by atomic mass is 10.4. The molecule has 1 fully saturated rings. The van der Waals surface area contributed by atoms with Crippen molar-refractivity contribution in [2.75, 3.05) is 0 Å². The maximum Gasteiger partial charge on any atom is 0.134 e. The van der Waals surface area contributed by atoms with E-state index in [0.717, 1.165) is 20.3 Å². The average Bonchev–Trinajstić information content (AvgIpc) is 3.11. The Morgan fingerprint density at radius 3 is 2.78 bits per heavy atom. The fourth-order valence-electron chi connectivity index (χ4n) is 1.64. The van der Waals surface area contributed by atoms with Crippen LogP contribution < -0.4 is 0 Å². The smallest absolute Gasteiger partial charge is 0.134 e. The summed E-state index contributed by atoms with van der Waals surface area (Å²) in [6.45, 7) is 0. The van der Waals surface area contributed by atoms with Crippen molar-refractivity contribution in [3.05, 3.63) is 46.6 Å². The molecule has 0 amide bonds. The van der Waals surface area contributed by atoms with Gasteiger partial charge in [-0.25, -0.2) is 14.4 Å². The molecule has 0 atom stereocenters. The summed E-state index contributed by atoms with van der Waals surface area (Å²) in [6.07, 6.45) is 2.33. The topological polar surface area (TPSA) is 25.8 Å². The van der Waals surface area contributed by atoms with Crippen molar-refractivity contribution in [3.63, 3.8) is 0 Å². The molecule has 0 N–H and O–H groups in total. The van der Waals surface area contributed by atoms with Gasteiger partial charge in [-0.15, -0.1) is 0 Å². The third-order valence-corrected chi connectivity index (χ3v) is 3.96. The fraction of sp³-hybridized carbons (Fsp3) is 0.231. The minimum Gasteiger partial charge on any atom is -0.226 e. The van der Waals surface area contributed by atoms with E-state index in [1.807, 2.05) is 12.1 Å². The number of hydrogen-bond acceptors (Lipinski definition) is 3. The van der Waals surface area contributed by atoms with E-state index in [4.69, 9.17) is 0 Å². The van der Waals surface area contributed by atoms with Gasteiger partial charge in [-0.1, -0.05) is 17.8 Å². The Morgan fingerprint density at radius 2 is 2.06 bits per heavy atom. The molecular weight excluding hydrogens is 315 g/mol. The van der Waals surface area contributed by atoms with Crippen molar-refractivity contribution in [1.29, 1.82) is 0 Å². The van der Waals surface area contributed by atoms with Crippen LogP contribution in [0.3, 0.4) is 0 Å². The van der Waals surface area contributed by atoms with Crippen molar-refractivity contribution in [2.45, 2.75) is 28.7 Å². The lowest BCUT2D eigenvalue weighted by Crippen LogP contribution is -1.94. The van der Waals surface area contributed by atoms with E-state index in [1.54, 1.807) is 6.07 Å². The van der Waals surface area contributed by atoms with Crippen LogP contribution in [0.4, 0.5) is 4.39 Å². The first-order chi connectivity index (χ1) is 8.70. The Kier molecular flexibility index (Phi) is 3.35. The second-order valence-corrected chi connectivity index (χ2v) is 6.13. The number of aromatic nitrogens is 2. The third-order valence-electron chi connectivity index (χ3n) is 2.65. The normalized spacial score (nSPS) is 14.8. The highest BCUT2D eigenvalue weighted by Gasteiger charge is 2.27. The van der Waals surface area contributed by atoms with E-state index in [9.17, 15) is 4.39 Å². The predicted octanol–water partition coefficient (Wildman–Crippen LogP) is 4.41. The van der Waals surface area contributed by atoms with E-state index in [2.05, 4.69) is 25.9 Å². The van der Waals surface area contributed by atoms with Gasteiger partial charge in [0.15, 0.2) is 0 Å². The Balaban J connectivity index is 1.87. The molecule has 0 radical (unpaired) electrons. The molecule has 2 aromatic rings. The van der Waals surface area contributed by atoms with Crippen molar-refractivity contribution in [3.8, 4) is 0 Å². The maximum absolute atomic E-state index is 13.1. The number of benzene rings is 1. The molecule has 1 aliphatic rings. The van der Waals surface area contributed by atoms with Gasteiger partial charge in [0.2, 0.25) is 0 Å². The quantitative estimate of drug-likeness (QED) is 0.782. The van der Waals surface area contributed by atoms with Gasteiger partial charge in [-0.2, -0.15) is 0 Å². The Labute approximate surface area is 117 Å². The van der Waals surface area contributed by atoms with E-state index in [-0.39, 0.29) is 5.82 Å².